The molecule has 0 saturated heterocycles. The van der Waals surface area contributed by atoms with E-state index < -0.39 is 16.1 Å². The number of anilines is 2. The fourth-order valence-corrected chi connectivity index (χ4v) is 3.65. The molecule has 2 aromatic rings. The van der Waals surface area contributed by atoms with Gasteiger partial charge in [-0.1, -0.05) is 15.9 Å². The third-order valence-electron chi connectivity index (χ3n) is 3.60. The van der Waals surface area contributed by atoms with Crippen LogP contribution in [0, 0.1) is 6.92 Å². The van der Waals surface area contributed by atoms with E-state index in [0.29, 0.717) is 17.1 Å². The highest BCUT2D eigenvalue weighted by Gasteiger charge is 2.24. The van der Waals surface area contributed by atoms with Gasteiger partial charge >= 0.3 is 0 Å². The molecule has 0 saturated carbocycles. The second-order valence-corrected chi connectivity index (χ2v) is 8.01. The fourth-order valence-electron chi connectivity index (χ4n) is 2.27. The monoisotopic (exact) mass is 410 g/mol. The number of hydrogen-bond acceptors (Lipinski definition) is 4. The number of amides is 1. The van der Waals surface area contributed by atoms with Crippen molar-refractivity contribution in [1.82, 2.24) is 0 Å². The number of ether oxygens (including phenoxy) is 1. The topological polar surface area (TPSA) is 84.5 Å². The summed E-state index contributed by atoms with van der Waals surface area (Å²) in [5, 5.41) is 2.69. The Bertz CT molecular complexity index is 928. The Morgan fingerprint density at radius 2 is 1.96 bits per heavy atom. The van der Waals surface area contributed by atoms with Gasteiger partial charge in [-0.05, 0) is 55.8 Å². The number of nitrogens with one attached hydrogen (secondary N) is 2. The largest absolute Gasteiger partial charge is 0.479 e. The molecule has 3 rings (SSSR count). The molecule has 24 heavy (non-hydrogen) atoms. The van der Waals surface area contributed by atoms with Crippen LogP contribution in [0.1, 0.15) is 12.5 Å². The van der Waals surface area contributed by atoms with Gasteiger partial charge in [-0.15, -0.1) is 0 Å². The average Bonchev–Trinajstić information content (AvgIpc) is 2.51. The lowest BCUT2D eigenvalue weighted by molar-refractivity contribution is -0.122. The maximum absolute atomic E-state index is 12.5. The number of aryl methyl sites for hydroxylation is 1. The molecular weight excluding hydrogens is 396 g/mol. The van der Waals surface area contributed by atoms with E-state index in [9.17, 15) is 13.2 Å². The van der Waals surface area contributed by atoms with Gasteiger partial charge in [-0.2, -0.15) is 0 Å². The smallest absolute Gasteiger partial charge is 0.265 e. The van der Waals surface area contributed by atoms with Crippen LogP contribution in [-0.2, 0) is 14.8 Å². The molecule has 1 aliphatic rings. The van der Waals surface area contributed by atoms with Gasteiger partial charge in [0.05, 0.1) is 16.3 Å². The molecule has 0 spiro atoms. The Kier molecular flexibility index (Phi) is 4.27. The first-order valence-electron chi connectivity index (χ1n) is 7.17. The Labute approximate surface area is 148 Å². The van der Waals surface area contributed by atoms with E-state index in [1.165, 1.54) is 12.1 Å². The van der Waals surface area contributed by atoms with Gasteiger partial charge in [0.15, 0.2) is 6.10 Å². The van der Waals surface area contributed by atoms with Crippen molar-refractivity contribution in [3.05, 3.63) is 46.4 Å². The number of sulfonamides is 1. The van der Waals surface area contributed by atoms with E-state index in [1.807, 2.05) is 6.92 Å². The molecule has 1 atom stereocenters. The summed E-state index contributed by atoms with van der Waals surface area (Å²) in [5.74, 6) is 0.232. The van der Waals surface area contributed by atoms with Crippen molar-refractivity contribution >= 4 is 43.2 Å². The highest BCUT2D eigenvalue weighted by molar-refractivity contribution is 9.10. The molecule has 0 fully saturated rings. The van der Waals surface area contributed by atoms with Crippen LogP contribution in [0.15, 0.2) is 45.8 Å². The van der Waals surface area contributed by atoms with Gasteiger partial charge < -0.3 is 10.1 Å². The molecule has 1 amide bonds. The van der Waals surface area contributed by atoms with Gasteiger partial charge in [0.25, 0.3) is 15.9 Å². The molecule has 2 N–H and O–H groups in total. The highest BCUT2D eigenvalue weighted by Crippen LogP contribution is 2.33. The predicted octanol–water partition coefficient (Wildman–Crippen LogP) is 3.28. The third kappa shape index (κ3) is 3.25. The van der Waals surface area contributed by atoms with Gasteiger partial charge in [0.1, 0.15) is 5.75 Å². The van der Waals surface area contributed by atoms with Crippen molar-refractivity contribution in [3.8, 4) is 5.75 Å². The van der Waals surface area contributed by atoms with Crippen molar-refractivity contribution < 1.29 is 17.9 Å². The maximum Gasteiger partial charge on any atom is 0.265 e. The third-order valence-corrected chi connectivity index (χ3v) is 5.87. The summed E-state index contributed by atoms with van der Waals surface area (Å²) in [6.45, 7) is 3.46. The first kappa shape index (κ1) is 16.8. The first-order chi connectivity index (χ1) is 11.3. The summed E-state index contributed by atoms with van der Waals surface area (Å²) in [5.41, 5.74) is 1.59. The molecular formula is C16H15BrN2O4S. The van der Waals surface area contributed by atoms with E-state index in [1.54, 1.807) is 31.2 Å². The van der Waals surface area contributed by atoms with Crippen molar-refractivity contribution in [1.29, 1.82) is 0 Å². The molecule has 2 aromatic carbocycles. The zero-order chi connectivity index (χ0) is 17.5. The number of rotatable bonds is 3. The fraction of sp³-hybridized carbons (Fsp3) is 0.188. The number of carbonyl (C=O) groups is 1. The lowest BCUT2D eigenvalue weighted by Crippen LogP contribution is -2.34. The Morgan fingerprint density at radius 1 is 1.21 bits per heavy atom. The summed E-state index contributed by atoms with van der Waals surface area (Å²) in [6.07, 6.45) is -0.578. The standard InChI is InChI=1S/C16H15BrN2O4S/c1-9-7-12(4-5-13(9)17)24(21,22)19-11-3-6-15-14(8-11)18-16(20)10(2)23-15/h3-8,10,19H,1-2H3,(H,18,20)/t10-/m0/s1. The molecule has 0 radical (unpaired) electrons. The van der Waals surface area contributed by atoms with Gasteiger partial charge in [0, 0.05) is 4.47 Å². The molecule has 126 valence electrons. The second kappa shape index (κ2) is 6.10. The van der Waals surface area contributed by atoms with Crippen LogP contribution in [0.25, 0.3) is 0 Å². The number of benzene rings is 2. The second-order valence-electron chi connectivity index (χ2n) is 5.48. The van der Waals surface area contributed by atoms with Crippen molar-refractivity contribution in [2.24, 2.45) is 0 Å². The average molecular weight is 411 g/mol. The lowest BCUT2D eigenvalue weighted by atomic mass is 10.2. The van der Waals surface area contributed by atoms with Crippen LogP contribution in [0.2, 0.25) is 0 Å². The number of hydrogen-bond donors (Lipinski definition) is 2. The van der Waals surface area contributed by atoms with Crippen LogP contribution in [-0.4, -0.2) is 20.4 Å². The summed E-state index contributed by atoms with van der Waals surface area (Å²) >= 11 is 3.35. The molecule has 0 aliphatic carbocycles. The van der Waals surface area contributed by atoms with Crippen LogP contribution < -0.4 is 14.8 Å². The molecule has 1 heterocycles. The molecule has 1 aliphatic heterocycles. The number of halogens is 1. The zero-order valence-electron chi connectivity index (χ0n) is 13.0. The van der Waals surface area contributed by atoms with Crippen LogP contribution in [0.4, 0.5) is 11.4 Å². The molecule has 0 unspecified atom stereocenters. The van der Waals surface area contributed by atoms with Crippen molar-refractivity contribution in [3.63, 3.8) is 0 Å². The summed E-state index contributed by atoms with van der Waals surface area (Å²) in [7, 11) is -3.73. The van der Waals surface area contributed by atoms with E-state index in [-0.39, 0.29) is 10.8 Å². The van der Waals surface area contributed by atoms with Gasteiger partial charge in [-0.3, -0.25) is 9.52 Å². The number of carbonyl (C=O) groups excluding carboxylic acids is 1. The van der Waals surface area contributed by atoms with Crippen LogP contribution >= 0.6 is 15.9 Å². The van der Waals surface area contributed by atoms with E-state index in [4.69, 9.17) is 4.74 Å². The van der Waals surface area contributed by atoms with E-state index >= 15 is 0 Å². The Morgan fingerprint density at radius 3 is 2.67 bits per heavy atom. The van der Waals surface area contributed by atoms with Gasteiger partial charge in [0.2, 0.25) is 0 Å². The molecule has 0 aromatic heterocycles. The minimum atomic E-state index is -3.73. The minimum absolute atomic E-state index is 0.162. The normalized spacial score (nSPS) is 16.8. The van der Waals surface area contributed by atoms with Crippen LogP contribution in [0.3, 0.4) is 0 Å². The maximum atomic E-state index is 12.5. The van der Waals surface area contributed by atoms with Gasteiger partial charge in [-0.25, -0.2) is 8.42 Å². The Hall–Kier alpha value is -2.06. The van der Waals surface area contributed by atoms with Crippen molar-refractivity contribution in [2.45, 2.75) is 24.8 Å². The van der Waals surface area contributed by atoms with Crippen LogP contribution in [0.5, 0.6) is 5.75 Å². The summed E-state index contributed by atoms with van der Waals surface area (Å²) in [4.78, 5) is 11.8. The zero-order valence-corrected chi connectivity index (χ0v) is 15.4. The SMILES string of the molecule is Cc1cc(S(=O)(=O)Nc2ccc3c(c2)NC(=O)[C@H](C)O3)ccc1Br. The molecule has 8 heteroatoms. The quantitative estimate of drug-likeness (QED) is 0.812. The highest BCUT2D eigenvalue weighted by atomic mass is 79.9. The van der Waals surface area contributed by atoms with Crippen molar-refractivity contribution in [2.75, 3.05) is 10.0 Å². The predicted molar refractivity (Wildman–Crippen MR) is 94.8 cm³/mol. The van der Waals surface area contributed by atoms with E-state index in [0.717, 1.165) is 10.0 Å². The summed E-state index contributed by atoms with van der Waals surface area (Å²) < 4.78 is 33.8. The van der Waals surface area contributed by atoms with E-state index in [2.05, 4.69) is 26.0 Å². The number of fused-ring (bicyclic) bond motifs is 1. The molecule has 6 nitrogen and oxygen atoms in total. The summed E-state index contributed by atoms with van der Waals surface area (Å²) in [6, 6.07) is 9.53. The lowest BCUT2D eigenvalue weighted by Gasteiger charge is -2.23. The minimum Gasteiger partial charge on any atom is -0.479 e. The Balaban J connectivity index is 1.89. The first-order valence-corrected chi connectivity index (χ1v) is 9.44. The molecule has 0 bridgehead atoms.